The molecule has 1 atom stereocenters. The topological polar surface area (TPSA) is 78.9 Å². The van der Waals surface area contributed by atoms with E-state index in [-0.39, 0.29) is 38.4 Å². The smallest absolute Gasteiger partial charge is 0.306 e. The molecule has 0 aliphatic carbocycles. The normalized spacial score (nSPS) is 13.6. The molecule has 6 nitrogen and oxygen atoms in total. The van der Waals surface area contributed by atoms with Gasteiger partial charge in [0.15, 0.2) is 6.10 Å². The van der Waals surface area contributed by atoms with Crippen molar-refractivity contribution in [2.45, 2.75) is 194 Å². The highest BCUT2D eigenvalue weighted by molar-refractivity contribution is 5.71. The second-order valence-corrected chi connectivity index (χ2v) is 17.3. The molecule has 0 rings (SSSR count). The fraction of sp³-hybridized carbons (Fsp3) is 0.478. The Balaban J connectivity index is 4.70. The maximum atomic E-state index is 12.8. The molecule has 0 aliphatic rings. The van der Waals surface area contributed by atoms with Gasteiger partial charge in [-0.05, 0) is 141 Å². The molecule has 0 amide bonds. The van der Waals surface area contributed by atoms with Crippen LogP contribution >= 0.6 is 0 Å². The molecule has 6 heteroatoms. The number of carbonyl (C=O) groups excluding carboxylic acids is 3. The van der Waals surface area contributed by atoms with Crippen molar-refractivity contribution in [3.63, 3.8) is 0 Å². The van der Waals surface area contributed by atoms with E-state index in [0.717, 1.165) is 128 Å². The van der Waals surface area contributed by atoms with E-state index in [2.05, 4.69) is 203 Å². The van der Waals surface area contributed by atoms with Gasteiger partial charge in [0.2, 0.25) is 0 Å². The number of ether oxygens (including phenoxy) is 3. The van der Waals surface area contributed by atoms with E-state index in [4.69, 9.17) is 14.2 Å². The molecule has 0 saturated heterocycles. The third kappa shape index (κ3) is 57.0. The molecule has 0 N–H and O–H groups in total. The highest BCUT2D eigenvalue weighted by Gasteiger charge is 2.19. The third-order valence-electron chi connectivity index (χ3n) is 10.6. The molecule has 0 fully saturated rings. The van der Waals surface area contributed by atoms with Gasteiger partial charge in [0, 0.05) is 19.3 Å². The van der Waals surface area contributed by atoms with Crippen LogP contribution in [0.3, 0.4) is 0 Å². The van der Waals surface area contributed by atoms with E-state index < -0.39 is 18.0 Å². The van der Waals surface area contributed by atoms with Crippen molar-refractivity contribution in [2.75, 3.05) is 13.2 Å². The highest BCUT2D eigenvalue weighted by Crippen LogP contribution is 2.09. The van der Waals surface area contributed by atoms with Crippen LogP contribution in [0.5, 0.6) is 0 Å². The van der Waals surface area contributed by atoms with Crippen LogP contribution in [0.4, 0.5) is 0 Å². The maximum Gasteiger partial charge on any atom is 0.306 e. The van der Waals surface area contributed by atoms with Crippen molar-refractivity contribution in [2.24, 2.45) is 0 Å². The minimum absolute atomic E-state index is 0.153. The van der Waals surface area contributed by atoms with E-state index in [1.165, 1.54) is 0 Å². The Kier molecular flexibility index (Phi) is 54.2. The molecule has 0 aliphatic heterocycles. The number of esters is 3. The summed E-state index contributed by atoms with van der Waals surface area (Å²) in [6.07, 6.45) is 90.0. The summed E-state index contributed by atoms with van der Waals surface area (Å²) in [7, 11) is 0. The highest BCUT2D eigenvalue weighted by atomic mass is 16.6. The lowest BCUT2D eigenvalue weighted by atomic mass is 10.1. The maximum absolute atomic E-state index is 12.8. The predicted octanol–water partition coefficient (Wildman–Crippen LogP) is 19.1. The van der Waals surface area contributed by atoms with E-state index in [0.29, 0.717) is 19.3 Å². The Morgan fingerprint density at radius 3 is 0.863 bits per heavy atom. The lowest BCUT2D eigenvalue weighted by Crippen LogP contribution is -2.30. The predicted molar refractivity (Wildman–Crippen MR) is 315 cm³/mol. The average Bonchev–Trinajstić information content (AvgIpc) is 3.39. The summed E-state index contributed by atoms with van der Waals surface area (Å²) in [5.41, 5.74) is 0. The molecule has 1 unspecified atom stereocenters. The Hall–Kier alpha value is -5.75. The lowest BCUT2D eigenvalue weighted by Gasteiger charge is -2.18. The van der Waals surface area contributed by atoms with Crippen molar-refractivity contribution >= 4 is 17.9 Å². The van der Waals surface area contributed by atoms with Crippen LogP contribution in [-0.4, -0.2) is 37.2 Å². The van der Waals surface area contributed by atoms with Crippen LogP contribution in [-0.2, 0) is 28.6 Å². The summed E-state index contributed by atoms with van der Waals surface area (Å²) in [6, 6.07) is 0. The number of allylic oxidation sites excluding steroid dienone is 32. The first-order chi connectivity index (χ1) is 36.0. The summed E-state index contributed by atoms with van der Waals surface area (Å²) in [5, 5.41) is 0. The average molecular weight is 1000 g/mol. The monoisotopic (exact) mass is 999 g/mol. The summed E-state index contributed by atoms with van der Waals surface area (Å²) in [6.45, 7) is 6.12. The number of unbranched alkanes of at least 4 members (excludes halogenated alkanes) is 4. The minimum Gasteiger partial charge on any atom is -0.462 e. The summed E-state index contributed by atoms with van der Waals surface area (Å²) >= 11 is 0. The molecule has 73 heavy (non-hydrogen) atoms. The molecule has 402 valence electrons. The van der Waals surface area contributed by atoms with Crippen LogP contribution in [0, 0.1) is 0 Å². The molecule has 0 aromatic rings. The Morgan fingerprint density at radius 1 is 0.274 bits per heavy atom. The van der Waals surface area contributed by atoms with Crippen LogP contribution in [0.1, 0.15) is 188 Å². The van der Waals surface area contributed by atoms with Gasteiger partial charge in [0.25, 0.3) is 0 Å². The van der Waals surface area contributed by atoms with E-state index in [1.54, 1.807) is 0 Å². The van der Waals surface area contributed by atoms with Gasteiger partial charge in [0.1, 0.15) is 13.2 Å². The zero-order valence-corrected chi connectivity index (χ0v) is 45.8. The molecule has 0 saturated carbocycles. The fourth-order valence-corrected chi connectivity index (χ4v) is 6.53. The van der Waals surface area contributed by atoms with Crippen molar-refractivity contribution < 1.29 is 28.6 Å². The van der Waals surface area contributed by atoms with Gasteiger partial charge in [-0.15, -0.1) is 0 Å². The first kappa shape index (κ1) is 67.2. The van der Waals surface area contributed by atoms with E-state index in [1.807, 2.05) is 12.2 Å². The summed E-state index contributed by atoms with van der Waals surface area (Å²) in [4.78, 5) is 38.1. The van der Waals surface area contributed by atoms with Gasteiger partial charge in [-0.25, -0.2) is 0 Å². The van der Waals surface area contributed by atoms with Gasteiger partial charge in [0.05, 0.1) is 0 Å². The number of carbonyl (C=O) groups is 3. The van der Waals surface area contributed by atoms with Gasteiger partial charge >= 0.3 is 17.9 Å². The van der Waals surface area contributed by atoms with E-state index in [9.17, 15) is 14.4 Å². The van der Waals surface area contributed by atoms with E-state index >= 15 is 0 Å². The summed E-state index contributed by atoms with van der Waals surface area (Å²) in [5.74, 6) is -1.14. The van der Waals surface area contributed by atoms with Crippen molar-refractivity contribution in [1.82, 2.24) is 0 Å². The minimum atomic E-state index is -0.865. The van der Waals surface area contributed by atoms with Crippen molar-refractivity contribution in [1.29, 1.82) is 0 Å². The fourth-order valence-electron chi connectivity index (χ4n) is 6.53. The SMILES string of the molecule is CCC=CCC=CCC=CCC=CCC=CCC=CCCC(=O)OCC(COC(=O)CCCCCC=CCC=CCC=CCC=CCC=CCC)OC(=O)CCCC=CCC=CCC=CCC=CCC=CCC. The zero-order chi connectivity index (χ0) is 52.9. The third-order valence-corrected chi connectivity index (χ3v) is 10.6. The number of hydrogen-bond donors (Lipinski definition) is 0. The molecule has 0 bridgehead atoms. The molecule has 0 radical (unpaired) electrons. The van der Waals surface area contributed by atoms with Crippen LogP contribution < -0.4 is 0 Å². The molecular formula is C67H98O6. The molecular weight excluding hydrogens is 901 g/mol. The lowest BCUT2D eigenvalue weighted by molar-refractivity contribution is -0.166. The quantitative estimate of drug-likeness (QED) is 0.0262. The molecule has 0 aromatic heterocycles. The molecule has 0 heterocycles. The zero-order valence-electron chi connectivity index (χ0n) is 45.8. The first-order valence-electron chi connectivity index (χ1n) is 27.9. The van der Waals surface area contributed by atoms with Crippen molar-refractivity contribution in [3.05, 3.63) is 194 Å². The van der Waals surface area contributed by atoms with Crippen LogP contribution in [0.2, 0.25) is 0 Å². The summed E-state index contributed by atoms with van der Waals surface area (Å²) < 4.78 is 16.7. The Bertz CT molecular complexity index is 1810. The molecule has 0 spiro atoms. The standard InChI is InChI=1S/C67H98O6/c1-4-7-10-13-16-19-22-25-28-31-33-36-38-41-44-47-50-53-56-59-65(68)71-62-64(73-67(70)61-58-55-52-49-46-43-40-35-30-27-24-21-18-15-12-9-6-3)63-72-66(69)60-57-54-51-48-45-42-39-37-34-32-29-26-23-20-17-14-11-8-5-2/h7-12,16-21,25-30,33-34,36-37,40-45,49-50,52-53,64H,4-6,13-15,22-24,31-32,35,38-39,46-48,51,54-63H2,1-3H3. The molecule has 0 aromatic carbocycles. The van der Waals surface area contributed by atoms with Crippen molar-refractivity contribution in [3.8, 4) is 0 Å². The second-order valence-electron chi connectivity index (χ2n) is 17.3. The Morgan fingerprint density at radius 2 is 0.534 bits per heavy atom. The largest absolute Gasteiger partial charge is 0.462 e. The second kappa shape index (κ2) is 58.8. The first-order valence-corrected chi connectivity index (χ1v) is 27.9. The van der Waals surface area contributed by atoms with Gasteiger partial charge in [-0.2, -0.15) is 0 Å². The van der Waals surface area contributed by atoms with Gasteiger partial charge < -0.3 is 14.2 Å². The number of rotatable bonds is 47. The Labute approximate surface area is 446 Å². The van der Waals surface area contributed by atoms with Gasteiger partial charge in [-0.3, -0.25) is 14.4 Å². The van der Waals surface area contributed by atoms with Crippen LogP contribution in [0.15, 0.2) is 194 Å². The van der Waals surface area contributed by atoms with Crippen LogP contribution in [0.25, 0.3) is 0 Å². The van der Waals surface area contributed by atoms with Gasteiger partial charge in [-0.1, -0.05) is 222 Å². The number of hydrogen-bond acceptors (Lipinski definition) is 6.